The first-order chi connectivity index (χ1) is 13.7. The van der Waals surface area contributed by atoms with E-state index in [0.717, 1.165) is 23.3 Å². The highest BCUT2D eigenvalue weighted by atomic mass is 19.3. The number of halogens is 2. The van der Waals surface area contributed by atoms with E-state index in [-0.39, 0.29) is 11.1 Å². The van der Waals surface area contributed by atoms with Crippen LogP contribution in [0.4, 0.5) is 8.78 Å². The standard InChI is InChI=1S/C19H20F2N4O4/c1-9-12-3-4-25(17(12)24-8-23-9)18-14(27)19(2,28)15(29-18)13(26)10-5-11(16(20)21)7-22-6-10/h3-8,13-16,18,26-28H,1-2H3/t13-,14+,15-,18-,19+/m1/s1. The molecule has 0 aliphatic carbocycles. The monoisotopic (exact) mass is 406 g/mol. The molecule has 1 saturated heterocycles. The van der Waals surface area contributed by atoms with Crippen LogP contribution in [0.1, 0.15) is 42.5 Å². The van der Waals surface area contributed by atoms with Crippen molar-refractivity contribution in [1.29, 1.82) is 0 Å². The van der Waals surface area contributed by atoms with Crippen LogP contribution in [0.25, 0.3) is 11.0 Å². The number of fused-ring (bicyclic) bond motifs is 1. The van der Waals surface area contributed by atoms with Crippen LogP contribution in [0, 0.1) is 6.92 Å². The highest BCUT2D eigenvalue weighted by Crippen LogP contribution is 2.43. The third-order valence-electron chi connectivity index (χ3n) is 5.37. The summed E-state index contributed by atoms with van der Waals surface area (Å²) in [5.41, 5.74) is -0.950. The Labute approximate surface area is 164 Å². The number of alkyl halides is 2. The van der Waals surface area contributed by atoms with Crippen LogP contribution >= 0.6 is 0 Å². The summed E-state index contributed by atoms with van der Waals surface area (Å²) in [6, 6.07) is 2.86. The number of rotatable bonds is 4. The predicted molar refractivity (Wildman–Crippen MR) is 97.0 cm³/mol. The van der Waals surface area contributed by atoms with E-state index < -0.39 is 36.6 Å². The average Bonchev–Trinajstić information content (AvgIpc) is 3.22. The molecular weight excluding hydrogens is 386 g/mol. The SMILES string of the molecule is Cc1ncnc2c1ccn2[C@@H]1O[C@H]([C@H](O)c2cncc(C(F)F)c2)[C@@](C)(O)[C@H]1O. The van der Waals surface area contributed by atoms with E-state index in [4.69, 9.17) is 4.74 Å². The van der Waals surface area contributed by atoms with E-state index in [9.17, 15) is 24.1 Å². The molecule has 0 aromatic carbocycles. The van der Waals surface area contributed by atoms with Gasteiger partial charge in [-0.05, 0) is 26.0 Å². The minimum Gasteiger partial charge on any atom is -0.386 e. The Morgan fingerprint density at radius 2 is 1.97 bits per heavy atom. The largest absolute Gasteiger partial charge is 0.386 e. The topological polar surface area (TPSA) is 114 Å². The number of hydrogen-bond donors (Lipinski definition) is 3. The molecule has 4 rings (SSSR count). The molecule has 1 aliphatic rings. The molecular formula is C19H20F2N4O4. The van der Waals surface area contributed by atoms with Gasteiger partial charge in [-0.15, -0.1) is 0 Å². The second kappa shape index (κ2) is 7.06. The maximum absolute atomic E-state index is 13.0. The highest BCUT2D eigenvalue weighted by Gasteiger charge is 2.56. The van der Waals surface area contributed by atoms with Gasteiger partial charge >= 0.3 is 0 Å². The molecule has 3 aromatic rings. The van der Waals surface area contributed by atoms with Gasteiger partial charge in [0.1, 0.15) is 35.9 Å². The van der Waals surface area contributed by atoms with Gasteiger partial charge in [-0.1, -0.05) is 0 Å². The first kappa shape index (κ1) is 19.8. The van der Waals surface area contributed by atoms with Gasteiger partial charge in [0.25, 0.3) is 6.43 Å². The lowest BCUT2D eigenvalue weighted by Gasteiger charge is -2.29. The number of hydrogen-bond acceptors (Lipinski definition) is 7. The zero-order chi connectivity index (χ0) is 20.9. The fraction of sp³-hybridized carbons (Fsp3) is 0.421. The van der Waals surface area contributed by atoms with Crippen molar-refractivity contribution in [3.8, 4) is 0 Å². The summed E-state index contributed by atoms with van der Waals surface area (Å²) in [4.78, 5) is 12.0. The van der Waals surface area contributed by atoms with Crippen LogP contribution in [-0.4, -0.2) is 52.6 Å². The van der Waals surface area contributed by atoms with Crippen molar-refractivity contribution in [2.45, 2.75) is 50.4 Å². The zero-order valence-corrected chi connectivity index (χ0v) is 15.6. The van der Waals surface area contributed by atoms with Crippen LogP contribution in [0.3, 0.4) is 0 Å². The number of aromatic nitrogens is 4. The van der Waals surface area contributed by atoms with Crippen LogP contribution in [0.2, 0.25) is 0 Å². The molecule has 0 radical (unpaired) electrons. The third-order valence-corrected chi connectivity index (χ3v) is 5.37. The molecule has 4 heterocycles. The van der Waals surface area contributed by atoms with Gasteiger partial charge in [-0.25, -0.2) is 18.7 Å². The number of aliphatic hydroxyl groups excluding tert-OH is 2. The van der Waals surface area contributed by atoms with Crippen LogP contribution in [-0.2, 0) is 4.74 Å². The quantitative estimate of drug-likeness (QED) is 0.606. The second-order valence-electron chi connectivity index (χ2n) is 7.33. The van der Waals surface area contributed by atoms with Crippen molar-refractivity contribution in [2.75, 3.05) is 0 Å². The minimum atomic E-state index is -2.76. The third kappa shape index (κ3) is 3.18. The predicted octanol–water partition coefficient (Wildman–Crippen LogP) is 1.82. The van der Waals surface area contributed by atoms with Gasteiger partial charge in [0.05, 0.1) is 5.69 Å². The normalized spacial score (nSPS) is 28.3. The molecule has 0 unspecified atom stereocenters. The van der Waals surface area contributed by atoms with Gasteiger partial charge in [-0.3, -0.25) is 4.98 Å². The Bertz CT molecular complexity index is 1040. The Morgan fingerprint density at radius 1 is 1.24 bits per heavy atom. The molecule has 0 spiro atoms. The van der Waals surface area contributed by atoms with E-state index in [2.05, 4.69) is 15.0 Å². The molecule has 154 valence electrons. The summed E-state index contributed by atoms with van der Waals surface area (Å²) in [6.07, 6.45) is -2.77. The molecule has 1 fully saturated rings. The first-order valence-electron chi connectivity index (χ1n) is 8.97. The van der Waals surface area contributed by atoms with Crippen molar-refractivity contribution in [3.05, 3.63) is 53.9 Å². The van der Waals surface area contributed by atoms with E-state index >= 15 is 0 Å². The summed E-state index contributed by atoms with van der Waals surface area (Å²) >= 11 is 0. The lowest BCUT2D eigenvalue weighted by atomic mass is 9.88. The van der Waals surface area contributed by atoms with Crippen molar-refractivity contribution in [1.82, 2.24) is 19.5 Å². The lowest BCUT2D eigenvalue weighted by Crippen LogP contribution is -2.47. The number of pyridine rings is 1. The van der Waals surface area contributed by atoms with E-state index in [1.165, 1.54) is 19.4 Å². The number of aryl methyl sites for hydroxylation is 1. The van der Waals surface area contributed by atoms with Crippen molar-refractivity contribution in [3.63, 3.8) is 0 Å². The fourth-order valence-corrected chi connectivity index (χ4v) is 3.67. The van der Waals surface area contributed by atoms with Crippen molar-refractivity contribution in [2.24, 2.45) is 0 Å². The van der Waals surface area contributed by atoms with Gasteiger partial charge in [0.15, 0.2) is 6.23 Å². The Morgan fingerprint density at radius 3 is 2.69 bits per heavy atom. The summed E-state index contributed by atoms with van der Waals surface area (Å²) in [5.74, 6) is 0. The zero-order valence-electron chi connectivity index (χ0n) is 15.6. The molecule has 3 N–H and O–H groups in total. The molecule has 10 heteroatoms. The first-order valence-corrected chi connectivity index (χ1v) is 8.97. The van der Waals surface area contributed by atoms with Crippen molar-refractivity contribution >= 4 is 11.0 Å². The Hall–Kier alpha value is -2.53. The van der Waals surface area contributed by atoms with Crippen LogP contribution in [0.5, 0.6) is 0 Å². The van der Waals surface area contributed by atoms with E-state index in [1.807, 2.05) is 6.92 Å². The summed E-state index contributed by atoms with van der Waals surface area (Å²) in [6.45, 7) is 3.13. The fourth-order valence-electron chi connectivity index (χ4n) is 3.67. The number of ether oxygens (including phenoxy) is 1. The van der Waals surface area contributed by atoms with Crippen LogP contribution < -0.4 is 0 Å². The Balaban J connectivity index is 1.69. The molecule has 5 atom stereocenters. The molecule has 0 saturated carbocycles. The van der Waals surface area contributed by atoms with E-state index in [1.54, 1.807) is 16.8 Å². The van der Waals surface area contributed by atoms with Gasteiger partial charge in [-0.2, -0.15) is 0 Å². The summed E-state index contributed by atoms with van der Waals surface area (Å²) in [5, 5.41) is 33.1. The highest BCUT2D eigenvalue weighted by molar-refractivity contribution is 5.78. The second-order valence-corrected chi connectivity index (χ2v) is 7.33. The van der Waals surface area contributed by atoms with Gasteiger partial charge < -0.3 is 24.6 Å². The summed E-state index contributed by atoms with van der Waals surface area (Å²) < 4.78 is 33.3. The lowest BCUT2D eigenvalue weighted by molar-refractivity contribution is -0.115. The minimum absolute atomic E-state index is 0.0523. The van der Waals surface area contributed by atoms with Gasteiger partial charge in [0, 0.05) is 35.1 Å². The smallest absolute Gasteiger partial charge is 0.265 e. The Kier molecular flexibility index (Phi) is 4.82. The number of aliphatic hydroxyl groups is 3. The maximum Gasteiger partial charge on any atom is 0.265 e. The molecule has 1 aliphatic heterocycles. The summed E-state index contributed by atoms with van der Waals surface area (Å²) in [7, 11) is 0. The molecule has 0 amide bonds. The van der Waals surface area contributed by atoms with Crippen LogP contribution in [0.15, 0.2) is 37.1 Å². The molecule has 3 aromatic heterocycles. The molecule has 8 nitrogen and oxygen atoms in total. The average molecular weight is 406 g/mol. The molecule has 29 heavy (non-hydrogen) atoms. The number of nitrogens with zero attached hydrogens (tertiary/aromatic N) is 4. The van der Waals surface area contributed by atoms with Gasteiger partial charge in [0.2, 0.25) is 0 Å². The molecule has 0 bridgehead atoms. The maximum atomic E-state index is 13.0. The van der Waals surface area contributed by atoms with Crippen molar-refractivity contribution < 1.29 is 28.8 Å². The van der Waals surface area contributed by atoms with E-state index in [0.29, 0.717) is 5.65 Å².